The van der Waals surface area contributed by atoms with Gasteiger partial charge in [-0.25, -0.2) is 0 Å². The molecule has 2 aromatic carbocycles. The van der Waals surface area contributed by atoms with Crippen LogP contribution >= 0.6 is 48.3 Å². The highest BCUT2D eigenvalue weighted by Crippen LogP contribution is 2.34. The molecule has 0 radical (unpaired) electrons. The van der Waals surface area contributed by atoms with E-state index in [0.29, 0.717) is 0 Å². The maximum absolute atomic E-state index is 4.81. The molecule has 0 aromatic heterocycles. The van der Waals surface area contributed by atoms with Crippen LogP contribution in [0.3, 0.4) is 0 Å². The van der Waals surface area contributed by atoms with Gasteiger partial charge >= 0.3 is 0 Å². The first kappa shape index (κ1) is 22.1. The van der Waals surface area contributed by atoms with Crippen molar-refractivity contribution in [2.75, 3.05) is 17.6 Å². The molecule has 3 heterocycles. The lowest BCUT2D eigenvalue weighted by Gasteiger charge is -2.21. The zero-order valence-corrected chi connectivity index (χ0v) is 19.0. The first-order valence-electron chi connectivity index (χ1n) is 9.13. The molecule has 8 heteroatoms. The van der Waals surface area contributed by atoms with E-state index in [4.69, 9.17) is 9.98 Å². The fourth-order valence-electron chi connectivity index (χ4n) is 3.48. The van der Waals surface area contributed by atoms with Gasteiger partial charge in [-0.05, 0) is 34.6 Å². The lowest BCUT2D eigenvalue weighted by atomic mass is 10.1. The molecule has 152 valence electrons. The van der Waals surface area contributed by atoms with Gasteiger partial charge in [-0.15, -0.1) is 24.8 Å². The Kier molecular flexibility index (Phi) is 7.57. The van der Waals surface area contributed by atoms with Gasteiger partial charge in [0.1, 0.15) is 0 Å². The van der Waals surface area contributed by atoms with Crippen molar-refractivity contribution >= 4 is 64.4 Å². The third kappa shape index (κ3) is 4.77. The number of nitrogens with one attached hydrogen (secondary N) is 1. The Labute approximate surface area is 192 Å². The van der Waals surface area contributed by atoms with Crippen molar-refractivity contribution in [3.63, 3.8) is 0 Å². The fraction of sp³-hybridized carbons (Fsp3) is 0.238. The normalized spacial score (nSPS) is 16.8. The third-order valence-electron chi connectivity index (χ3n) is 4.96. The predicted octanol–water partition coefficient (Wildman–Crippen LogP) is 5.55. The van der Waals surface area contributed by atoms with E-state index in [2.05, 4.69) is 64.2 Å². The van der Waals surface area contributed by atoms with Crippen molar-refractivity contribution in [3.8, 4) is 0 Å². The molecule has 0 saturated carbocycles. The number of benzene rings is 2. The van der Waals surface area contributed by atoms with Crippen LogP contribution in [0.15, 0.2) is 69.6 Å². The summed E-state index contributed by atoms with van der Waals surface area (Å²) >= 11 is 3.51. The molecule has 0 spiro atoms. The van der Waals surface area contributed by atoms with Crippen LogP contribution < -0.4 is 5.32 Å². The van der Waals surface area contributed by atoms with Crippen LogP contribution in [-0.2, 0) is 19.5 Å². The van der Waals surface area contributed by atoms with Crippen molar-refractivity contribution < 1.29 is 0 Å². The van der Waals surface area contributed by atoms with Crippen LogP contribution in [0, 0.1) is 0 Å². The number of amidine groups is 2. The van der Waals surface area contributed by atoms with Gasteiger partial charge in [-0.1, -0.05) is 66.0 Å². The minimum absolute atomic E-state index is 0. The van der Waals surface area contributed by atoms with E-state index in [1.807, 2.05) is 0 Å². The highest BCUT2D eigenvalue weighted by Gasteiger charge is 2.26. The highest BCUT2D eigenvalue weighted by molar-refractivity contribution is 8.17. The molecule has 0 aliphatic carbocycles. The van der Waals surface area contributed by atoms with Gasteiger partial charge < -0.3 is 10.2 Å². The first-order chi connectivity index (χ1) is 13.4. The second kappa shape index (κ2) is 9.94. The molecule has 0 fully saturated rings. The molecule has 0 bridgehead atoms. The Balaban J connectivity index is 0.00000120. The lowest BCUT2D eigenvalue weighted by Crippen LogP contribution is -2.24. The minimum Gasteiger partial charge on any atom is -0.335 e. The Bertz CT molecular complexity index is 975. The van der Waals surface area contributed by atoms with E-state index < -0.39 is 0 Å². The van der Waals surface area contributed by atoms with Crippen LogP contribution in [0.5, 0.6) is 0 Å². The summed E-state index contributed by atoms with van der Waals surface area (Å²) in [7, 11) is 0. The van der Waals surface area contributed by atoms with E-state index in [0.717, 1.165) is 42.1 Å². The number of halogens is 2. The second-order valence-electron chi connectivity index (χ2n) is 6.69. The van der Waals surface area contributed by atoms with Crippen molar-refractivity contribution in [2.24, 2.45) is 9.98 Å². The molecule has 5 rings (SSSR count). The molecule has 0 saturated heterocycles. The van der Waals surface area contributed by atoms with Crippen molar-refractivity contribution in [1.82, 2.24) is 4.90 Å². The monoisotopic (exact) mass is 464 g/mol. The van der Waals surface area contributed by atoms with Crippen LogP contribution in [0.4, 0.5) is 5.69 Å². The van der Waals surface area contributed by atoms with Crippen molar-refractivity contribution in [3.05, 3.63) is 76.3 Å². The maximum atomic E-state index is 4.81. The molecule has 29 heavy (non-hydrogen) atoms. The molecule has 3 aliphatic heterocycles. The smallest absolute Gasteiger partial charge is 0.168 e. The number of para-hydroxylation sites is 1. The summed E-state index contributed by atoms with van der Waals surface area (Å²) in [4.78, 5) is 11.9. The number of fused-ring (bicyclic) bond motifs is 3. The lowest BCUT2D eigenvalue weighted by molar-refractivity contribution is 0.529. The van der Waals surface area contributed by atoms with E-state index in [1.54, 1.807) is 23.5 Å². The largest absolute Gasteiger partial charge is 0.335 e. The molecule has 0 atom stereocenters. The number of anilines is 1. The Hall–Kier alpha value is -1.60. The second-order valence-corrected chi connectivity index (χ2v) is 8.49. The van der Waals surface area contributed by atoms with Crippen LogP contribution in [-0.4, -0.2) is 27.5 Å². The molecule has 0 unspecified atom stereocenters. The standard InChI is InChI=1S/C21H20N4S2.2ClH/c1-2-7-17-12-25-18(14-27-21(25)23-11-16(17)6-1)13-26-20-22-10-9-15-5-3-4-8-19(15)24-20;;/h1-8,14H,9-13H2,(H,22,24);2*1H. The molecular formula is C21H22Cl2N4S2. The minimum atomic E-state index is 0. The molecule has 4 nitrogen and oxygen atoms in total. The van der Waals surface area contributed by atoms with Gasteiger partial charge in [-0.2, -0.15) is 0 Å². The van der Waals surface area contributed by atoms with Crippen molar-refractivity contribution in [1.29, 1.82) is 0 Å². The summed E-state index contributed by atoms with van der Waals surface area (Å²) in [5, 5.41) is 7.87. The zero-order chi connectivity index (χ0) is 18.1. The Morgan fingerprint density at radius 1 is 0.966 bits per heavy atom. The average Bonchev–Trinajstić information content (AvgIpc) is 2.87. The number of rotatable bonds is 2. The van der Waals surface area contributed by atoms with Gasteiger partial charge in [0.25, 0.3) is 0 Å². The quantitative estimate of drug-likeness (QED) is 0.632. The van der Waals surface area contributed by atoms with Gasteiger partial charge in [0, 0.05) is 23.7 Å². The van der Waals surface area contributed by atoms with Gasteiger partial charge in [0.05, 0.1) is 13.1 Å². The molecular weight excluding hydrogens is 443 g/mol. The molecule has 1 N–H and O–H groups in total. The predicted molar refractivity (Wildman–Crippen MR) is 132 cm³/mol. The number of hydrogen-bond acceptors (Lipinski definition) is 6. The number of nitrogens with zero attached hydrogens (tertiary/aromatic N) is 3. The topological polar surface area (TPSA) is 40.0 Å². The molecule has 2 aromatic rings. The number of aliphatic imine (C=N–C) groups is 2. The van der Waals surface area contributed by atoms with Gasteiger partial charge in [-0.3, -0.25) is 9.98 Å². The van der Waals surface area contributed by atoms with Crippen molar-refractivity contribution in [2.45, 2.75) is 19.5 Å². The molecule has 0 amide bonds. The summed E-state index contributed by atoms with van der Waals surface area (Å²) in [6.45, 7) is 2.51. The fourth-order valence-corrected chi connectivity index (χ4v) is 5.37. The Morgan fingerprint density at radius 3 is 2.59 bits per heavy atom. The average molecular weight is 465 g/mol. The molecule has 3 aliphatic rings. The summed E-state index contributed by atoms with van der Waals surface area (Å²) in [5.41, 5.74) is 6.53. The van der Waals surface area contributed by atoms with E-state index in [-0.39, 0.29) is 24.8 Å². The number of hydrogen-bond donors (Lipinski definition) is 1. The van der Waals surface area contributed by atoms with E-state index in [1.165, 1.54) is 28.1 Å². The van der Waals surface area contributed by atoms with E-state index >= 15 is 0 Å². The first-order valence-corrected chi connectivity index (χ1v) is 11.0. The van der Waals surface area contributed by atoms with E-state index in [9.17, 15) is 0 Å². The number of thioether (sulfide) groups is 2. The summed E-state index contributed by atoms with van der Waals surface area (Å²) in [6, 6.07) is 17.1. The van der Waals surface area contributed by atoms with Crippen LogP contribution in [0.25, 0.3) is 0 Å². The van der Waals surface area contributed by atoms with Gasteiger partial charge in [0.2, 0.25) is 0 Å². The zero-order valence-electron chi connectivity index (χ0n) is 15.7. The third-order valence-corrected chi connectivity index (χ3v) is 6.86. The summed E-state index contributed by atoms with van der Waals surface area (Å²) < 4.78 is 0. The summed E-state index contributed by atoms with van der Waals surface area (Å²) in [5.74, 6) is 0.891. The highest BCUT2D eigenvalue weighted by atomic mass is 35.5. The van der Waals surface area contributed by atoms with Gasteiger partial charge in [0.15, 0.2) is 10.3 Å². The van der Waals surface area contributed by atoms with Crippen LogP contribution in [0.1, 0.15) is 16.7 Å². The van der Waals surface area contributed by atoms with Crippen LogP contribution in [0.2, 0.25) is 0 Å². The maximum Gasteiger partial charge on any atom is 0.168 e. The Morgan fingerprint density at radius 2 is 1.72 bits per heavy atom. The summed E-state index contributed by atoms with van der Waals surface area (Å²) in [6.07, 6.45) is 0.992. The SMILES string of the molecule is C1=C(CSC2=NCCc3ccccc3N2)N2Cc3ccccc3CN=C2S1.Cl.Cl.